The van der Waals surface area contributed by atoms with Gasteiger partial charge in [0.2, 0.25) is 0 Å². The zero-order valence-electron chi connectivity index (χ0n) is 17.9. The Labute approximate surface area is 180 Å². The van der Waals surface area contributed by atoms with Gasteiger partial charge in [0, 0.05) is 5.56 Å². The average Bonchev–Trinajstić information content (AvgIpc) is 2.79. The van der Waals surface area contributed by atoms with Crippen LogP contribution in [0.5, 0.6) is 5.75 Å². The van der Waals surface area contributed by atoms with E-state index in [-0.39, 0.29) is 5.78 Å². The molecule has 0 aliphatic rings. The van der Waals surface area contributed by atoms with Gasteiger partial charge in [-0.3, -0.25) is 4.79 Å². The van der Waals surface area contributed by atoms with E-state index in [1.165, 1.54) is 30.4 Å². The third kappa shape index (κ3) is 6.18. The molecule has 0 saturated carbocycles. The first-order valence-electron chi connectivity index (χ1n) is 10.8. The minimum absolute atomic E-state index is 0.00158. The number of rotatable bonds is 10. The molecule has 2 nitrogen and oxygen atoms in total. The standard InChI is InChI=1S/C28H30O2/c1-3-5-6-7-22-8-13-24(14-9-22)25-15-17-26(18-16-25)28(29)21-12-23-10-19-27(20-11-23)30-4-2/h8-21H,3-7H2,1-2H3. The summed E-state index contributed by atoms with van der Waals surface area (Å²) in [4.78, 5) is 12.5. The van der Waals surface area contributed by atoms with E-state index >= 15 is 0 Å². The van der Waals surface area contributed by atoms with Gasteiger partial charge in [-0.25, -0.2) is 0 Å². The van der Waals surface area contributed by atoms with Crippen molar-refractivity contribution in [2.24, 2.45) is 0 Å². The Morgan fingerprint density at radius 2 is 1.43 bits per heavy atom. The number of carbonyl (C=O) groups is 1. The first-order valence-corrected chi connectivity index (χ1v) is 10.8. The summed E-state index contributed by atoms with van der Waals surface area (Å²) in [5.41, 5.74) is 5.36. The second-order valence-corrected chi connectivity index (χ2v) is 7.43. The summed E-state index contributed by atoms with van der Waals surface area (Å²) in [5.74, 6) is 0.840. The molecule has 0 aliphatic carbocycles. The minimum atomic E-state index is 0.00158. The normalized spacial score (nSPS) is 11.0. The monoisotopic (exact) mass is 398 g/mol. The van der Waals surface area contributed by atoms with Gasteiger partial charge in [0.05, 0.1) is 6.61 Å². The van der Waals surface area contributed by atoms with Crippen molar-refractivity contribution in [1.82, 2.24) is 0 Å². The molecule has 3 aromatic rings. The van der Waals surface area contributed by atoms with Gasteiger partial charge in [0.25, 0.3) is 0 Å². The van der Waals surface area contributed by atoms with Gasteiger partial charge in [-0.05, 0) is 60.2 Å². The fraction of sp³-hybridized carbons (Fsp3) is 0.250. The number of benzene rings is 3. The van der Waals surface area contributed by atoms with Gasteiger partial charge >= 0.3 is 0 Å². The van der Waals surface area contributed by atoms with E-state index in [9.17, 15) is 4.79 Å². The third-order valence-corrected chi connectivity index (χ3v) is 5.14. The Kier molecular flexibility index (Phi) is 8.02. The van der Waals surface area contributed by atoms with Crippen LogP contribution in [0.3, 0.4) is 0 Å². The van der Waals surface area contributed by atoms with Crippen molar-refractivity contribution in [3.8, 4) is 16.9 Å². The number of aryl methyl sites for hydroxylation is 1. The molecule has 0 N–H and O–H groups in total. The first-order chi connectivity index (χ1) is 14.7. The quantitative estimate of drug-likeness (QED) is 0.202. The highest BCUT2D eigenvalue weighted by molar-refractivity contribution is 6.07. The molecule has 0 radical (unpaired) electrons. The van der Waals surface area contributed by atoms with Gasteiger partial charge in [-0.2, -0.15) is 0 Å². The lowest BCUT2D eigenvalue weighted by Gasteiger charge is -2.05. The molecule has 0 atom stereocenters. The Morgan fingerprint density at radius 1 is 0.800 bits per heavy atom. The lowest BCUT2D eigenvalue weighted by Crippen LogP contribution is -1.94. The number of carbonyl (C=O) groups excluding carboxylic acids is 1. The van der Waals surface area contributed by atoms with Crippen molar-refractivity contribution in [3.05, 3.63) is 95.6 Å². The Balaban J connectivity index is 1.61. The van der Waals surface area contributed by atoms with Gasteiger partial charge in [0.15, 0.2) is 5.78 Å². The molecule has 0 spiro atoms. The minimum Gasteiger partial charge on any atom is -0.494 e. The van der Waals surface area contributed by atoms with E-state index in [1.54, 1.807) is 6.08 Å². The summed E-state index contributed by atoms with van der Waals surface area (Å²) >= 11 is 0. The van der Waals surface area contributed by atoms with Crippen LogP contribution in [-0.4, -0.2) is 12.4 Å². The van der Waals surface area contributed by atoms with Crippen molar-refractivity contribution in [3.63, 3.8) is 0 Å². The third-order valence-electron chi connectivity index (χ3n) is 5.14. The molecular formula is C28H30O2. The maximum atomic E-state index is 12.5. The molecule has 0 amide bonds. The maximum absolute atomic E-state index is 12.5. The molecule has 3 aromatic carbocycles. The van der Waals surface area contributed by atoms with E-state index in [4.69, 9.17) is 4.74 Å². The van der Waals surface area contributed by atoms with Gasteiger partial charge in [-0.15, -0.1) is 0 Å². The molecule has 154 valence electrons. The topological polar surface area (TPSA) is 26.3 Å². The summed E-state index contributed by atoms with van der Waals surface area (Å²) in [7, 11) is 0. The van der Waals surface area contributed by atoms with Crippen molar-refractivity contribution < 1.29 is 9.53 Å². The molecule has 0 heterocycles. The van der Waals surface area contributed by atoms with Crippen LogP contribution in [-0.2, 0) is 6.42 Å². The summed E-state index contributed by atoms with van der Waals surface area (Å²) in [6.07, 6.45) is 8.38. The fourth-order valence-electron chi connectivity index (χ4n) is 3.38. The van der Waals surface area contributed by atoms with Crippen molar-refractivity contribution in [1.29, 1.82) is 0 Å². The summed E-state index contributed by atoms with van der Waals surface area (Å²) < 4.78 is 5.44. The molecule has 0 aromatic heterocycles. The number of hydrogen-bond acceptors (Lipinski definition) is 2. The molecule has 0 bridgehead atoms. The Morgan fingerprint density at radius 3 is 2.03 bits per heavy atom. The molecule has 30 heavy (non-hydrogen) atoms. The number of unbranched alkanes of at least 4 members (excludes halogenated alkanes) is 2. The number of hydrogen-bond donors (Lipinski definition) is 0. The lowest BCUT2D eigenvalue weighted by molar-refractivity contribution is 0.104. The number of ether oxygens (including phenoxy) is 1. The van der Waals surface area contributed by atoms with E-state index < -0.39 is 0 Å². The van der Waals surface area contributed by atoms with Gasteiger partial charge in [-0.1, -0.05) is 86.5 Å². The largest absolute Gasteiger partial charge is 0.494 e. The Hall–Kier alpha value is -3.13. The summed E-state index contributed by atoms with van der Waals surface area (Å²) in [6, 6.07) is 24.3. The van der Waals surface area contributed by atoms with Crippen molar-refractivity contribution in [2.45, 2.75) is 39.5 Å². The molecule has 2 heteroatoms. The van der Waals surface area contributed by atoms with Crippen LogP contribution in [0.1, 0.15) is 54.6 Å². The van der Waals surface area contributed by atoms with Crippen LogP contribution in [0.4, 0.5) is 0 Å². The van der Waals surface area contributed by atoms with Crippen LogP contribution in [0.2, 0.25) is 0 Å². The van der Waals surface area contributed by atoms with Gasteiger partial charge in [0.1, 0.15) is 5.75 Å². The van der Waals surface area contributed by atoms with Crippen molar-refractivity contribution in [2.75, 3.05) is 6.61 Å². The first kappa shape index (κ1) is 21.6. The molecular weight excluding hydrogens is 368 g/mol. The molecule has 0 aliphatic heterocycles. The van der Waals surface area contributed by atoms with E-state index in [0.717, 1.165) is 23.3 Å². The maximum Gasteiger partial charge on any atom is 0.185 e. The highest BCUT2D eigenvalue weighted by atomic mass is 16.5. The zero-order chi connectivity index (χ0) is 21.2. The second-order valence-electron chi connectivity index (χ2n) is 7.43. The van der Waals surface area contributed by atoms with Crippen LogP contribution in [0.15, 0.2) is 78.9 Å². The molecule has 0 unspecified atom stereocenters. The van der Waals surface area contributed by atoms with Crippen LogP contribution < -0.4 is 4.74 Å². The van der Waals surface area contributed by atoms with E-state index in [0.29, 0.717) is 12.2 Å². The summed E-state index contributed by atoms with van der Waals surface area (Å²) in [5, 5.41) is 0. The summed E-state index contributed by atoms with van der Waals surface area (Å²) in [6.45, 7) is 4.83. The van der Waals surface area contributed by atoms with Crippen LogP contribution >= 0.6 is 0 Å². The van der Waals surface area contributed by atoms with Gasteiger partial charge < -0.3 is 4.74 Å². The molecule has 0 fully saturated rings. The van der Waals surface area contributed by atoms with E-state index in [1.807, 2.05) is 61.5 Å². The second kappa shape index (κ2) is 11.2. The Bertz CT molecular complexity index is 949. The van der Waals surface area contributed by atoms with Crippen LogP contribution in [0.25, 0.3) is 17.2 Å². The SMILES string of the molecule is CCCCCc1ccc(-c2ccc(C(=O)C=Cc3ccc(OCC)cc3)cc2)cc1. The predicted octanol–water partition coefficient (Wildman–Crippen LogP) is 7.38. The van der Waals surface area contributed by atoms with Crippen molar-refractivity contribution >= 4 is 11.9 Å². The van der Waals surface area contributed by atoms with Crippen LogP contribution in [0, 0.1) is 0 Å². The highest BCUT2D eigenvalue weighted by Gasteiger charge is 2.04. The fourth-order valence-corrected chi connectivity index (χ4v) is 3.38. The number of allylic oxidation sites excluding steroid dienone is 1. The molecule has 0 saturated heterocycles. The average molecular weight is 399 g/mol. The van der Waals surface area contributed by atoms with E-state index in [2.05, 4.69) is 31.2 Å². The lowest BCUT2D eigenvalue weighted by atomic mass is 9.99. The predicted molar refractivity (Wildman–Crippen MR) is 126 cm³/mol. The number of ketones is 1. The molecule has 3 rings (SSSR count). The zero-order valence-corrected chi connectivity index (χ0v) is 17.9. The highest BCUT2D eigenvalue weighted by Crippen LogP contribution is 2.22. The smallest absolute Gasteiger partial charge is 0.185 e.